The number of carboxylic acid groups (broad SMARTS) is 1. The summed E-state index contributed by atoms with van der Waals surface area (Å²) in [6.07, 6.45) is 1.43. The summed E-state index contributed by atoms with van der Waals surface area (Å²) in [5.41, 5.74) is 4.17. The van der Waals surface area contributed by atoms with Crippen LogP contribution in [0.2, 0.25) is 0 Å². The third-order valence-electron chi connectivity index (χ3n) is 5.35. The number of hydrogen-bond acceptors (Lipinski definition) is 4. The van der Waals surface area contributed by atoms with E-state index in [1.807, 2.05) is 23.6 Å². The molecule has 136 valence electrons. The molecule has 5 rings (SSSR count). The minimum absolute atomic E-state index is 0.0672. The number of ether oxygens (including phenoxy) is 2. The van der Waals surface area contributed by atoms with Crippen molar-refractivity contribution in [3.05, 3.63) is 63.4 Å². The minimum atomic E-state index is -1.21. The number of rotatable bonds is 2. The molecular formula is C21H17NO5. The molecule has 0 aliphatic carbocycles. The highest BCUT2D eigenvalue weighted by Gasteiger charge is 2.26. The second-order valence-electron chi connectivity index (χ2n) is 7.06. The monoisotopic (exact) mass is 363 g/mol. The molecule has 0 fully saturated rings. The third kappa shape index (κ3) is 2.30. The summed E-state index contributed by atoms with van der Waals surface area (Å²) in [7, 11) is 0. The fourth-order valence-corrected chi connectivity index (χ4v) is 3.92. The minimum Gasteiger partial charge on any atom is -0.489 e. The van der Waals surface area contributed by atoms with Crippen LogP contribution in [0.5, 0.6) is 5.75 Å². The highest BCUT2D eigenvalue weighted by molar-refractivity contribution is 5.97. The molecule has 0 saturated carbocycles. The molecule has 3 heterocycles. The Labute approximate surface area is 154 Å². The number of carbonyl (C=O) groups is 1. The lowest BCUT2D eigenvalue weighted by molar-refractivity contribution is 0.0694. The highest BCUT2D eigenvalue weighted by Crippen LogP contribution is 2.40. The van der Waals surface area contributed by atoms with Gasteiger partial charge in [0.05, 0.1) is 30.2 Å². The highest BCUT2D eigenvalue weighted by atomic mass is 16.5. The van der Waals surface area contributed by atoms with E-state index < -0.39 is 11.4 Å². The van der Waals surface area contributed by atoms with Gasteiger partial charge in [-0.05, 0) is 41.8 Å². The van der Waals surface area contributed by atoms with Crippen LogP contribution < -0.4 is 10.2 Å². The lowest BCUT2D eigenvalue weighted by Gasteiger charge is -2.28. The van der Waals surface area contributed by atoms with Crippen molar-refractivity contribution in [3.63, 3.8) is 0 Å². The van der Waals surface area contributed by atoms with Crippen molar-refractivity contribution in [1.82, 2.24) is 4.57 Å². The van der Waals surface area contributed by atoms with Crippen LogP contribution in [0.15, 0.2) is 41.3 Å². The van der Waals surface area contributed by atoms with Crippen molar-refractivity contribution in [2.75, 3.05) is 6.61 Å². The number of fused-ring (bicyclic) bond motifs is 1. The molecular weight excluding hydrogens is 346 g/mol. The molecule has 2 aliphatic rings. The molecule has 0 spiro atoms. The molecule has 1 N–H and O–H groups in total. The lowest BCUT2D eigenvalue weighted by Crippen LogP contribution is -2.26. The second kappa shape index (κ2) is 5.69. The topological polar surface area (TPSA) is 77.8 Å². The van der Waals surface area contributed by atoms with Crippen LogP contribution in [0.25, 0.3) is 22.0 Å². The Hall–Kier alpha value is -3.12. The van der Waals surface area contributed by atoms with Gasteiger partial charge in [0.2, 0.25) is 5.43 Å². The number of carboxylic acids is 1. The van der Waals surface area contributed by atoms with Gasteiger partial charge in [-0.15, -0.1) is 0 Å². The Morgan fingerprint density at radius 1 is 1.19 bits per heavy atom. The van der Waals surface area contributed by atoms with Crippen LogP contribution in [-0.4, -0.2) is 22.2 Å². The molecule has 0 saturated heterocycles. The maximum atomic E-state index is 12.7. The van der Waals surface area contributed by atoms with Crippen molar-refractivity contribution < 1.29 is 19.4 Å². The predicted molar refractivity (Wildman–Crippen MR) is 99.3 cm³/mol. The van der Waals surface area contributed by atoms with E-state index in [1.54, 1.807) is 6.07 Å². The van der Waals surface area contributed by atoms with Crippen LogP contribution >= 0.6 is 0 Å². The van der Waals surface area contributed by atoms with Gasteiger partial charge in [-0.25, -0.2) is 4.79 Å². The Bertz CT molecular complexity index is 1180. The van der Waals surface area contributed by atoms with Gasteiger partial charge < -0.3 is 19.1 Å². The van der Waals surface area contributed by atoms with Gasteiger partial charge >= 0.3 is 5.97 Å². The Morgan fingerprint density at radius 3 is 2.81 bits per heavy atom. The zero-order valence-electron chi connectivity index (χ0n) is 14.7. The standard InChI is InChI=1S/C21H17NO5/c1-11-8-27-20-15(12-2-3-13-9-26-10-14(13)6-12)4-5-16-18(20)22(11)7-17(19(16)23)21(24)25/h2-7,11H,8-10H2,1H3,(H,24,25). The van der Waals surface area contributed by atoms with Gasteiger partial charge in [0.1, 0.15) is 12.2 Å². The fraction of sp³-hybridized carbons (Fsp3) is 0.238. The molecule has 6 nitrogen and oxygen atoms in total. The number of hydrogen-bond donors (Lipinski definition) is 1. The number of aromatic carboxylic acids is 1. The number of pyridine rings is 1. The van der Waals surface area contributed by atoms with Crippen LogP contribution in [0, 0.1) is 0 Å². The van der Waals surface area contributed by atoms with Gasteiger partial charge in [-0.3, -0.25) is 4.79 Å². The van der Waals surface area contributed by atoms with Crippen LogP contribution in [0.3, 0.4) is 0 Å². The van der Waals surface area contributed by atoms with Gasteiger partial charge in [-0.2, -0.15) is 0 Å². The first-order valence-electron chi connectivity index (χ1n) is 8.82. The summed E-state index contributed by atoms with van der Waals surface area (Å²) in [4.78, 5) is 24.1. The van der Waals surface area contributed by atoms with E-state index in [-0.39, 0.29) is 11.6 Å². The molecule has 1 atom stereocenters. The quantitative estimate of drug-likeness (QED) is 0.755. The largest absolute Gasteiger partial charge is 0.489 e. The number of aromatic nitrogens is 1. The van der Waals surface area contributed by atoms with E-state index in [1.165, 1.54) is 11.8 Å². The Morgan fingerprint density at radius 2 is 2.00 bits per heavy atom. The summed E-state index contributed by atoms with van der Waals surface area (Å²) in [6.45, 7) is 3.58. The molecule has 0 radical (unpaired) electrons. The van der Waals surface area contributed by atoms with Crippen molar-refractivity contribution in [1.29, 1.82) is 0 Å². The molecule has 27 heavy (non-hydrogen) atoms. The zero-order valence-corrected chi connectivity index (χ0v) is 14.7. The average molecular weight is 363 g/mol. The van der Waals surface area contributed by atoms with Gasteiger partial charge in [0.15, 0.2) is 5.75 Å². The van der Waals surface area contributed by atoms with E-state index in [0.29, 0.717) is 36.5 Å². The molecule has 1 aromatic heterocycles. The molecule has 0 amide bonds. The van der Waals surface area contributed by atoms with Crippen molar-refractivity contribution in [2.24, 2.45) is 0 Å². The first-order chi connectivity index (χ1) is 13.0. The maximum Gasteiger partial charge on any atom is 0.341 e. The second-order valence-corrected chi connectivity index (χ2v) is 7.06. The van der Waals surface area contributed by atoms with E-state index in [4.69, 9.17) is 9.47 Å². The molecule has 0 bridgehead atoms. The van der Waals surface area contributed by atoms with E-state index in [0.717, 1.165) is 16.7 Å². The first-order valence-corrected chi connectivity index (χ1v) is 8.82. The van der Waals surface area contributed by atoms with Gasteiger partial charge in [0, 0.05) is 11.8 Å². The summed E-state index contributed by atoms with van der Waals surface area (Å²) in [6, 6.07) is 9.64. The SMILES string of the molecule is CC1COc2c(-c3ccc4c(c3)COC4)ccc3c(=O)c(C(=O)O)cn1c23. The molecule has 1 unspecified atom stereocenters. The first kappa shape index (κ1) is 16.1. The molecule has 6 heteroatoms. The number of nitrogens with zero attached hydrogens (tertiary/aromatic N) is 1. The summed E-state index contributed by atoms with van der Waals surface area (Å²) in [5, 5.41) is 9.75. The van der Waals surface area contributed by atoms with Crippen molar-refractivity contribution in [2.45, 2.75) is 26.2 Å². The molecule has 2 aliphatic heterocycles. The normalized spacial score (nSPS) is 17.6. The Balaban J connectivity index is 1.81. The fourth-order valence-electron chi connectivity index (χ4n) is 3.92. The van der Waals surface area contributed by atoms with E-state index in [9.17, 15) is 14.7 Å². The molecule has 2 aromatic carbocycles. The van der Waals surface area contributed by atoms with E-state index in [2.05, 4.69) is 12.1 Å². The summed E-state index contributed by atoms with van der Waals surface area (Å²) >= 11 is 0. The average Bonchev–Trinajstić information content (AvgIpc) is 3.13. The van der Waals surface area contributed by atoms with Crippen LogP contribution in [-0.2, 0) is 18.0 Å². The van der Waals surface area contributed by atoms with Gasteiger partial charge in [-0.1, -0.05) is 12.1 Å². The zero-order chi connectivity index (χ0) is 18.7. The third-order valence-corrected chi connectivity index (χ3v) is 5.35. The maximum absolute atomic E-state index is 12.7. The summed E-state index contributed by atoms with van der Waals surface area (Å²) in [5.74, 6) is -0.591. The van der Waals surface area contributed by atoms with Crippen LogP contribution in [0.4, 0.5) is 0 Å². The van der Waals surface area contributed by atoms with Crippen LogP contribution in [0.1, 0.15) is 34.5 Å². The lowest BCUT2D eigenvalue weighted by atomic mass is 9.97. The van der Waals surface area contributed by atoms with E-state index >= 15 is 0 Å². The van der Waals surface area contributed by atoms with Crippen molar-refractivity contribution in [3.8, 4) is 16.9 Å². The van der Waals surface area contributed by atoms with Gasteiger partial charge in [0.25, 0.3) is 0 Å². The summed E-state index contributed by atoms with van der Waals surface area (Å²) < 4.78 is 13.4. The molecule has 3 aromatic rings. The smallest absolute Gasteiger partial charge is 0.341 e. The predicted octanol–water partition coefficient (Wildman–Crippen LogP) is 3.35. The number of benzene rings is 2. The Kier molecular flexibility index (Phi) is 3.39. The van der Waals surface area contributed by atoms with Crippen molar-refractivity contribution >= 4 is 16.9 Å².